The van der Waals surface area contributed by atoms with E-state index in [1.165, 1.54) is 15.3 Å². The fourth-order valence-corrected chi connectivity index (χ4v) is 3.60. The van der Waals surface area contributed by atoms with Crippen molar-refractivity contribution in [3.63, 3.8) is 0 Å². The molecule has 4 heteroatoms. The molecular formula is C15H21NOS2. The van der Waals surface area contributed by atoms with Crippen LogP contribution in [0.2, 0.25) is 0 Å². The van der Waals surface area contributed by atoms with Crippen LogP contribution in [0.4, 0.5) is 0 Å². The van der Waals surface area contributed by atoms with Gasteiger partial charge >= 0.3 is 0 Å². The van der Waals surface area contributed by atoms with Gasteiger partial charge in [0.2, 0.25) is 0 Å². The first-order chi connectivity index (χ1) is 9.17. The van der Waals surface area contributed by atoms with Crippen molar-refractivity contribution in [1.29, 1.82) is 0 Å². The highest BCUT2D eigenvalue weighted by Gasteiger charge is 2.20. The predicted molar refractivity (Wildman–Crippen MR) is 84.9 cm³/mol. The van der Waals surface area contributed by atoms with Crippen molar-refractivity contribution in [1.82, 2.24) is 5.32 Å². The summed E-state index contributed by atoms with van der Waals surface area (Å²) in [5.74, 6) is 0. The molecule has 0 amide bonds. The lowest BCUT2D eigenvalue weighted by atomic mass is 9.95. The van der Waals surface area contributed by atoms with E-state index in [1.807, 2.05) is 0 Å². The second-order valence-corrected chi connectivity index (χ2v) is 6.96. The van der Waals surface area contributed by atoms with Gasteiger partial charge in [0.05, 0.1) is 0 Å². The highest BCUT2D eigenvalue weighted by atomic mass is 32.1. The summed E-state index contributed by atoms with van der Waals surface area (Å²) in [4.78, 5) is 2.68. The minimum atomic E-state index is 0.0296. The van der Waals surface area contributed by atoms with E-state index in [0.717, 1.165) is 19.4 Å². The Morgan fingerprint density at radius 3 is 2.84 bits per heavy atom. The Labute approximate surface area is 123 Å². The van der Waals surface area contributed by atoms with Gasteiger partial charge in [-0.25, -0.2) is 0 Å². The Bertz CT molecular complexity index is 492. The molecule has 2 aromatic heterocycles. The molecule has 0 saturated carbocycles. The third-order valence-corrected chi connectivity index (χ3v) is 5.45. The molecule has 0 aromatic carbocycles. The standard InChI is InChI=1S/C15H21NOS2/c1-3-15(2,6-7-17)16-10-13-9-12(11-19-13)14-5-4-8-18-14/h4-5,8-9,11,16-17H,3,6-7,10H2,1-2H3. The first kappa shape index (κ1) is 14.7. The maximum atomic E-state index is 9.12. The SMILES string of the molecule is CCC(C)(CCO)NCc1cc(-c2cccs2)cs1. The van der Waals surface area contributed by atoms with Crippen LogP contribution in [0, 0.1) is 0 Å². The molecule has 1 atom stereocenters. The van der Waals surface area contributed by atoms with Crippen LogP contribution in [0.15, 0.2) is 29.0 Å². The van der Waals surface area contributed by atoms with Crippen molar-refractivity contribution in [3.8, 4) is 10.4 Å². The lowest BCUT2D eigenvalue weighted by Crippen LogP contribution is -2.41. The first-order valence-electron chi connectivity index (χ1n) is 6.64. The summed E-state index contributed by atoms with van der Waals surface area (Å²) in [6.07, 6.45) is 1.82. The Hall–Kier alpha value is -0.680. The molecule has 0 aliphatic rings. The number of thiophene rings is 2. The lowest BCUT2D eigenvalue weighted by molar-refractivity contribution is 0.215. The van der Waals surface area contributed by atoms with Gasteiger partial charge in [-0.2, -0.15) is 0 Å². The van der Waals surface area contributed by atoms with Crippen LogP contribution in [0.5, 0.6) is 0 Å². The molecule has 1 unspecified atom stereocenters. The van der Waals surface area contributed by atoms with Crippen LogP contribution in [0.3, 0.4) is 0 Å². The van der Waals surface area contributed by atoms with Gasteiger partial charge in [0.25, 0.3) is 0 Å². The number of nitrogens with one attached hydrogen (secondary N) is 1. The Morgan fingerprint density at radius 2 is 2.21 bits per heavy atom. The van der Waals surface area contributed by atoms with Gasteiger partial charge in [-0.1, -0.05) is 13.0 Å². The van der Waals surface area contributed by atoms with Gasteiger partial charge in [-0.05, 0) is 42.7 Å². The van der Waals surface area contributed by atoms with Gasteiger partial charge in [0.1, 0.15) is 0 Å². The molecule has 2 nitrogen and oxygen atoms in total. The van der Waals surface area contributed by atoms with E-state index in [4.69, 9.17) is 5.11 Å². The van der Waals surface area contributed by atoms with Crippen molar-refractivity contribution in [3.05, 3.63) is 33.8 Å². The average molecular weight is 295 g/mol. The van der Waals surface area contributed by atoms with Crippen LogP contribution in [0.25, 0.3) is 10.4 Å². The van der Waals surface area contributed by atoms with E-state index in [1.54, 1.807) is 22.7 Å². The minimum Gasteiger partial charge on any atom is -0.396 e. The zero-order valence-electron chi connectivity index (χ0n) is 11.5. The van der Waals surface area contributed by atoms with Crippen LogP contribution < -0.4 is 5.32 Å². The number of aliphatic hydroxyl groups excluding tert-OH is 1. The highest BCUT2D eigenvalue weighted by molar-refractivity contribution is 7.14. The fourth-order valence-electron chi connectivity index (χ4n) is 1.98. The van der Waals surface area contributed by atoms with Crippen molar-refractivity contribution in [2.45, 2.75) is 38.8 Å². The molecule has 104 valence electrons. The minimum absolute atomic E-state index is 0.0296. The van der Waals surface area contributed by atoms with Gasteiger partial charge in [-0.15, -0.1) is 22.7 Å². The summed E-state index contributed by atoms with van der Waals surface area (Å²) in [6, 6.07) is 6.51. The third kappa shape index (κ3) is 3.89. The summed E-state index contributed by atoms with van der Waals surface area (Å²) >= 11 is 3.58. The Morgan fingerprint density at radius 1 is 1.37 bits per heavy atom. The predicted octanol–water partition coefficient (Wildman–Crippen LogP) is 4.12. The summed E-state index contributed by atoms with van der Waals surface area (Å²) in [6.45, 7) is 5.45. The van der Waals surface area contributed by atoms with Crippen LogP contribution in [-0.4, -0.2) is 17.3 Å². The summed E-state index contributed by atoms with van der Waals surface area (Å²) in [5.41, 5.74) is 1.35. The van der Waals surface area contributed by atoms with Crippen molar-refractivity contribution >= 4 is 22.7 Å². The van der Waals surface area contributed by atoms with E-state index in [0.29, 0.717) is 0 Å². The zero-order valence-corrected chi connectivity index (χ0v) is 13.1. The maximum absolute atomic E-state index is 9.12. The highest BCUT2D eigenvalue weighted by Crippen LogP contribution is 2.29. The molecule has 2 heterocycles. The molecule has 2 aromatic rings. The van der Waals surface area contributed by atoms with Gasteiger partial charge in [0, 0.05) is 34.0 Å². The molecule has 0 fully saturated rings. The second kappa shape index (κ2) is 6.66. The van der Waals surface area contributed by atoms with Crippen LogP contribution in [-0.2, 0) is 6.54 Å². The number of aliphatic hydroxyl groups is 1. The molecule has 0 radical (unpaired) electrons. The van der Waals surface area contributed by atoms with Gasteiger partial charge < -0.3 is 10.4 Å². The van der Waals surface area contributed by atoms with E-state index < -0.39 is 0 Å². The van der Waals surface area contributed by atoms with Crippen molar-refractivity contribution in [2.75, 3.05) is 6.61 Å². The largest absolute Gasteiger partial charge is 0.396 e. The number of rotatable bonds is 7. The average Bonchev–Trinajstić information content (AvgIpc) is 3.07. The monoisotopic (exact) mass is 295 g/mol. The number of hydrogen-bond acceptors (Lipinski definition) is 4. The van der Waals surface area contributed by atoms with E-state index >= 15 is 0 Å². The molecular weight excluding hydrogens is 274 g/mol. The van der Waals surface area contributed by atoms with E-state index in [-0.39, 0.29) is 12.1 Å². The number of hydrogen-bond donors (Lipinski definition) is 2. The molecule has 2 rings (SSSR count). The molecule has 0 bridgehead atoms. The second-order valence-electron chi connectivity index (χ2n) is 5.02. The maximum Gasteiger partial charge on any atom is 0.0448 e. The first-order valence-corrected chi connectivity index (χ1v) is 8.40. The summed E-state index contributed by atoms with van der Waals surface area (Å²) in [5, 5.41) is 17.0. The van der Waals surface area contributed by atoms with E-state index in [9.17, 15) is 0 Å². The van der Waals surface area contributed by atoms with E-state index in [2.05, 4.69) is 48.1 Å². The summed E-state index contributed by atoms with van der Waals surface area (Å²) in [7, 11) is 0. The molecule has 0 spiro atoms. The zero-order chi connectivity index (χ0) is 13.7. The quantitative estimate of drug-likeness (QED) is 0.805. The smallest absolute Gasteiger partial charge is 0.0448 e. The van der Waals surface area contributed by atoms with Crippen LogP contribution >= 0.6 is 22.7 Å². The fraction of sp³-hybridized carbons (Fsp3) is 0.467. The molecule has 0 saturated heterocycles. The molecule has 19 heavy (non-hydrogen) atoms. The van der Waals surface area contributed by atoms with Gasteiger partial charge in [0.15, 0.2) is 0 Å². The Kier molecular flexibility index (Phi) is 5.16. The topological polar surface area (TPSA) is 32.3 Å². The molecule has 0 aliphatic carbocycles. The molecule has 0 aliphatic heterocycles. The Balaban J connectivity index is 1.97. The van der Waals surface area contributed by atoms with Gasteiger partial charge in [-0.3, -0.25) is 0 Å². The van der Waals surface area contributed by atoms with Crippen molar-refractivity contribution in [2.24, 2.45) is 0 Å². The van der Waals surface area contributed by atoms with Crippen molar-refractivity contribution < 1.29 is 5.11 Å². The lowest BCUT2D eigenvalue weighted by Gasteiger charge is -2.28. The normalized spacial score (nSPS) is 14.5. The van der Waals surface area contributed by atoms with Crippen LogP contribution in [0.1, 0.15) is 31.6 Å². The summed E-state index contributed by atoms with van der Waals surface area (Å²) < 4.78 is 0. The molecule has 2 N–H and O–H groups in total. The third-order valence-electron chi connectivity index (χ3n) is 3.59.